The van der Waals surface area contributed by atoms with E-state index in [9.17, 15) is 13.2 Å². The predicted molar refractivity (Wildman–Crippen MR) is 116 cm³/mol. The van der Waals surface area contributed by atoms with Crippen LogP contribution in [0, 0.1) is 11.3 Å². The van der Waals surface area contributed by atoms with E-state index >= 15 is 0 Å². The van der Waals surface area contributed by atoms with E-state index in [0.29, 0.717) is 32.6 Å². The maximum atomic E-state index is 13.3. The quantitative estimate of drug-likeness (QED) is 0.793. The lowest BCUT2D eigenvalue weighted by Crippen LogP contribution is -2.42. The Morgan fingerprint density at radius 2 is 1.77 bits per heavy atom. The van der Waals surface area contributed by atoms with Crippen molar-refractivity contribution >= 4 is 21.6 Å². The fourth-order valence-electron chi connectivity index (χ4n) is 4.55. The van der Waals surface area contributed by atoms with Gasteiger partial charge in [0.25, 0.3) is 0 Å². The Labute approximate surface area is 178 Å². The average Bonchev–Trinajstić information content (AvgIpc) is 3.14. The first kappa shape index (κ1) is 21.0. The lowest BCUT2D eigenvalue weighted by atomic mass is 9.72. The zero-order chi connectivity index (χ0) is 21.2. The van der Waals surface area contributed by atoms with E-state index in [-0.39, 0.29) is 17.3 Å². The Kier molecular flexibility index (Phi) is 5.95. The third-order valence-corrected chi connectivity index (χ3v) is 8.26. The first-order valence-electron chi connectivity index (χ1n) is 10.5. The molecule has 30 heavy (non-hydrogen) atoms. The van der Waals surface area contributed by atoms with Gasteiger partial charge in [0.2, 0.25) is 15.9 Å². The summed E-state index contributed by atoms with van der Waals surface area (Å²) in [6.07, 6.45) is 2.22. The van der Waals surface area contributed by atoms with Gasteiger partial charge in [-0.2, -0.15) is 4.31 Å². The minimum Gasteiger partial charge on any atom is -0.381 e. The number of hydrogen-bond acceptors (Lipinski definition) is 4. The van der Waals surface area contributed by atoms with Crippen LogP contribution >= 0.6 is 0 Å². The van der Waals surface area contributed by atoms with Crippen LogP contribution in [0.5, 0.6) is 0 Å². The molecule has 1 unspecified atom stereocenters. The van der Waals surface area contributed by atoms with Crippen molar-refractivity contribution in [3.63, 3.8) is 0 Å². The molecule has 0 aliphatic carbocycles. The molecule has 0 bridgehead atoms. The molecule has 0 radical (unpaired) electrons. The fourth-order valence-corrected chi connectivity index (χ4v) is 6.10. The van der Waals surface area contributed by atoms with Gasteiger partial charge in [0.05, 0.1) is 10.8 Å². The van der Waals surface area contributed by atoms with E-state index in [0.717, 1.165) is 17.7 Å². The van der Waals surface area contributed by atoms with Crippen LogP contribution < -0.4 is 5.32 Å². The molecule has 1 N–H and O–H groups in total. The molecule has 7 heteroatoms. The highest BCUT2D eigenvalue weighted by atomic mass is 32.2. The molecule has 160 valence electrons. The molecule has 6 nitrogen and oxygen atoms in total. The third-order valence-electron chi connectivity index (χ3n) is 6.43. The molecule has 2 aromatic carbocycles. The SMILES string of the molecule is CCc1ccc(S(=O)(=O)N2CC(C(=O)Nc3ccccc3)C3(CCOCC3)C2)cc1. The summed E-state index contributed by atoms with van der Waals surface area (Å²) in [5.41, 5.74) is 1.42. The van der Waals surface area contributed by atoms with Gasteiger partial charge in [0.15, 0.2) is 0 Å². The van der Waals surface area contributed by atoms with E-state index in [1.807, 2.05) is 49.4 Å². The van der Waals surface area contributed by atoms with E-state index in [1.54, 1.807) is 12.1 Å². The second-order valence-electron chi connectivity index (χ2n) is 8.18. The predicted octanol–water partition coefficient (Wildman–Crippen LogP) is 3.31. The van der Waals surface area contributed by atoms with Crippen molar-refractivity contribution in [1.82, 2.24) is 4.31 Å². The molecule has 2 aliphatic heterocycles. The van der Waals surface area contributed by atoms with Crippen molar-refractivity contribution in [3.8, 4) is 0 Å². The number of aryl methyl sites for hydroxylation is 1. The van der Waals surface area contributed by atoms with Crippen molar-refractivity contribution in [2.75, 3.05) is 31.6 Å². The number of ether oxygens (including phenoxy) is 1. The van der Waals surface area contributed by atoms with E-state index in [4.69, 9.17) is 4.74 Å². The second kappa shape index (κ2) is 8.49. The largest absolute Gasteiger partial charge is 0.381 e. The van der Waals surface area contributed by atoms with Gasteiger partial charge in [-0.1, -0.05) is 37.3 Å². The molecule has 0 aromatic heterocycles. The number of sulfonamides is 1. The molecule has 2 fully saturated rings. The summed E-state index contributed by atoms with van der Waals surface area (Å²) in [5, 5.41) is 2.98. The fraction of sp³-hybridized carbons (Fsp3) is 0.435. The first-order valence-corrected chi connectivity index (χ1v) is 11.9. The minimum absolute atomic E-state index is 0.123. The van der Waals surface area contributed by atoms with Gasteiger partial charge in [0.1, 0.15) is 0 Å². The number of rotatable bonds is 5. The minimum atomic E-state index is -3.67. The summed E-state index contributed by atoms with van der Waals surface area (Å²) in [6, 6.07) is 16.4. The Bertz CT molecular complexity index is 984. The average molecular weight is 429 g/mol. The highest BCUT2D eigenvalue weighted by Gasteiger charge is 2.53. The van der Waals surface area contributed by atoms with Gasteiger partial charge in [-0.05, 0) is 49.1 Å². The van der Waals surface area contributed by atoms with Gasteiger partial charge in [-0.3, -0.25) is 4.79 Å². The van der Waals surface area contributed by atoms with Gasteiger partial charge in [0, 0.05) is 37.4 Å². The zero-order valence-corrected chi connectivity index (χ0v) is 18.0. The second-order valence-corrected chi connectivity index (χ2v) is 10.1. The molecular formula is C23H28N2O4S. The van der Waals surface area contributed by atoms with Crippen molar-refractivity contribution in [1.29, 1.82) is 0 Å². The topological polar surface area (TPSA) is 75.7 Å². The van der Waals surface area contributed by atoms with Crippen LogP contribution in [-0.4, -0.2) is 44.9 Å². The van der Waals surface area contributed by atoms with Gasteiger partial charge < -0.3 is 10.1 Å². The van der Waals surface area contributed by atoms with Crippen molar-refractivity contribution in [3.05, 3.63) is 60.2 Å². The maximum absolute atomic E-state index is 13.3. The number of carbonyl (C=O) groups is 1. The van der Waals surface area contributed by atoms with Crippen LogP contribution in [0.15, 0.2) is 59.5 Å². The molecule has 1 amide bonds. The van der Waals surface area contributed by atoms with Crippen molar-refractivity contribution in [2.24, 2.45) is 11.3 Å². The van der Waals surface area contributed by atoms with E-state index in [2.05, 4.69) is 5.32 Å². The molecule has 2 aromatic rings. The van der Waals surface area contributed by atoms with Crippen molar-refractivity contribution < 1.29 is 17.9 Å². The number of anilines is 1. The van der Waals surface area contributed by atoms with E-state index in [1.165, 1.54) is 4.31 Å². The summed E-state index contributed by atoms with van der Waals surface area (Å²) < 4.78 is 33.7. The Morgan fingerprint density at radius 3 is 2.40 bits per heavy atom. The Morgan fingerprint density at radius 1 is 1.10 bits per heavy atom. The number of benzene rings is 2. The lowest BCUT2D eigenvalue weighted by Gasteiger charge is -2.37. The number of nitrogens with one attached hydrogen (secondary N) is 1. The van der Waals surface area contributed by atoms with Crippen LogP contribution in [0.4, 0.5) is 5.69 Å². The molecule has 0 saturated carbocycles. The monoisotopic (exact) mass is 428 g/mol. The summed E-state index contributed by atoms with van der Waals surface area (Å²) in [7, 11) is -3.67. The van der Waals surface area contributed by atoms with Crippen LogP contribution in [0.2, 0.25) is 0 Å². The highest BCUT2D eigenvalue weighted by Crippen LogP contribution is 2.46. The molecule has 4 rings (SSSR count). The van der Waals surface area contributed by atoms with Gasteiger partial charge >= 0.3 is 0 Å². The number of carbonyl (C=O) groups excluding carboxylic acids is 1. The van der Waals surface area contributed by atoms with Crippen LogP contribution in [0.3, 0.4) is 0 Å². The first-order chi connectivity index (χ1) is 14.4. The standard InChI is InChI=1S/C23H28N2O4S/c1-2-18-8-10-20(11-9-18)30(27,28)25-16-21(23(17-25)12-14-29-15-13-23)22(26)24-19-6-4-3-5-7-19/h3-11,21H,2,12-17H2,1H3,(H,24,26). The molecule has 1 spiro atoms. The zero-order valence-electron chi connectivity index (χ0n) is 17.2. The maximum Gasteiger partial charge on any atom is 0.243 e. The number of nitrogens with zero attached hydrogens (tertiary/aromatic N) is 1. The summed E-state index contributed by atoms with van der Waals surface area (Å²) in [5.74, 6) is -0.534. The number of para-hydroxylation sites is 1. The smallest absolute Gasteiger partial charge is 0.243 e. The summed E-state index contributed by atoms with van der Waals surface area (Å²) in [4.78, 5) is 13.5. The molecular weight excluding hydrogens is 400 g/mol. The molecule has 2 heterocycles. The third kappa shape index (κ3) is 4.02. The normalized spacial score (nSPS) is 21.6. The Hall–Kier alpha value is -2.22. The number of hydrogen-bond donors (Lipinski definition) is 1. The Balaban J connectivity index is 1.60. The number of amides is 1. The van der Waals surface area contributed by atoms with Crippen LogP contribution in [0.1, 0.15) is 25.3 Å². The van der Waals surface area contributed by atoms with Gasteiger partial charge in [-0.25, -0.2) is 8.42 Å². The summed E-state index contributed by atoms with van der Waals surface area (Å²) in [6.45, 7) is 3.68. The summed E-state index contributed by atoms with van der Waals surface area (Å²) >= 11 is 0. The molecule has 2 aliphatic rings. The highest BCUT2D eigenvalue weighted by molar-refractivity contribution is 7.89. The molecule has 2 saturated heterocycles. The van der Waals surface area contributed by atoms with Gasteiger partial charge in [-0.15, -0.1) is 0 Å². The van der Waals surface area contributed by atoms with Crippen LogP contribution in [0.25, 0.3) is 0 Å². The van der Waals surface area contributed by atoms with Crippen molar-refractivity contribution in [2.45, 2.75) is 31.1 Å². The van der Waals surface area contributed by atoms with E-state index < -0.39 is 21.4 Å². The lowest BCUT2D eigenvalue weighted by molar-refractivity contribution is -0.124. The van der Waals surface area contributed by atoms with Crippen LogP contribution in [-0.2, 0) is 26.0 Å². The molecule has 1 atom stereocenters.